The van der Waals surface area contributed by atoms with E-state index in [0.717, 1.165) is 24.3 Å². The van der Waals surface area contributed by atoms with Crippen molar-refractivity contribution in [3.05, 3.63) is 46.3 Å². The summed E-state index contributed by atoms with van der Waals surface area (Å²) in [5.41, 5.74) is 0.564. The molecular weight excluding hydrogens is 288 g/mol. The van der Waals surface area contributed by atoms with Crippen molar-refractivity contribution in [3.8, 4) is 10.4 Å². The molecule has 0 aliphatic carbocycles. The van der Waals surface area contributed by atoms with Gasteiger partial charge in [-0.2, -0.15) is 0 Å². The Bertz CT molecular complexity index is 607. The maximum absolute atomic E-state index is 14.2. The van der Waals surface area contributed by atoms with Gasteiger partial charge in [-0.25, -0.2) is 8.78 Å². The van der Waals surface area contributed by atoms with Gasteiger partial charge in [-0.3, -0.25) is 0 Å². The van der Waals surface area contributed by atoms with Gasteiger partial charge >= 0.3 is 0 Å². The van der Waals surface area contributed by atoms with Crippen LogP contribution in [0.5, 0.6) is 0 Å². The molecule has 0 amide bonds. The smallest absolute Gasteiger partial charge is 0.137 e. The number of halogens is 2. The van der Waals surface area contributed by atoms with E-state index in [1.807, 2.05) is 12.1 Å². The maximum atomic E-state index is 14.2. The zero-order valence-corrected chi connectivity index (χ0v) is 13.5. The van der Waals surface area contributed by atoms with E-state index in [2.05, 4.69) is 19.2 Å². The topological polar surface area (TPSA) is 12.0 Å². The summed E-state index contributed by atoms with van der Waals surface area (Å²) in [5, 5.41) is 3.46. The van der Waals surface area contributed by atoms with E-state index in [1.54, 1.807) is 6.92 Å². The Kier molecular flexibility index (Phi) is 5.48. The zero-order valence-electron chi connectivity index (χ0n) is 12.7. The fraction of sp³-hybridized carbons (Fsp3) is 0.412. The fourth-order valence-corrected chi connectivity index (χ4v) is 3.53. The van der Waals surface area contributed by atoms with Crippen molar-refractivity contribution in [2.75, 3.05) is 6.54 Å². The second kappa shape index (κ2) is 7.14. The lowest BCUT2D eigenvalue weighted by molar-refractivity contribution is 0.525. The van der Waals surface area contributed by atoms with E-state index in [9.17, 15) is 8.78 Å². The van der Waals surface area contributed by atoms with Crippen LogP contribution in [0.1, 0.15) is 43.2 Å². The highest BCUT2D eigenvalue weighted by molar-refractivity contribution is 7.15. The fourth-order valence-electron chi connectivity index (χ4n) is 2.32. The van der Waals surface area contributed by atoms with Crippen molar-refractivity contribution in [2.24, 2.45) is 0 Å². The van der Waals surface area contributed by atoms with Gasteiger partial charge in [-0.05, 0) is 50.1 Å². The molecule has 1 aromatic carbocycles. The first-order valence-electron chi connectivity index (χ1n) is 7.36. The number of rotatable bonds is 6. The molecule has 1 aromatic heterocycles. The average Bonchev–Trinajstić information content (AvgIpc) is 2.94. The van der Waals surface area contributed by atoms with Gasteiger partial charge in [0.25, 0.3) is 0 Å². The Morgan fingerprint density at radius 2 is 1.90 bits per heavy atom. The van der Waals surface area contributed by atoms with E-state index in [0.29, 0.717) is 10.4 Å². The van der Waals surface area contributed by atoms with Crippen LogP contribution in [-0.4, -0.2) is 6.54 Å². The number of benzene rings is 1. The molecule has 21 heavy (non-hydrogen) atoms. The molecular formula is C17H21F2NS. The van der Waals surface area contributed by atoms with E-state index in [-0.39, 0.29) is 11.6 Å². The van der Waals surface area contributed by atoms with Gasteiger partial charge in [0.2, 0.25) is 0 Å². The van der Waals surface area contributed by atoms with Gasteiger partial charge in [0, 0.05) is 15.8 Å². The SMILES string of the molecule is CCCNC(CC)c1ccc(-c2c(F)ccc(C)c2F)s1. The van der Waals surface area contributed by atoms with Gasteiger partial charge in [-0.1, -0.05) is 19.9 Å². The zero-order chi connectivity index (χ0) is 15.4. The van der Waals surface area contributed by atoms with E-state index in [4.69, 9.17) is 0 Å². The summed E-state index contributed by atoms with van der Waals surface area (Å²) in [6.45, 7) is 6.83. The maximum Gasteiger partial charge on any atom is 0.137 e. The molecule has 1 heterocycles. The van der Waals surface area contributed by atoms with Crippen LogP contribution in [0.2, 0.25) is 0 Å². The minimum absolute atomic E-state index is 0.0941. The summed E-state index contributed by atoms with van der Waals surface area (Å²) in [6, 6.07) is 6.84. The van der Waals surface area contributed by atoms with Gasteiger partial charge in [0.05, 0.1) is 5.56 Å². The lowest BCUT2D eigenvalue weighted by Crippen LogP contribution is -2.20. The first-order valence-corrected chi connectivity index (χ1v) is 8.18. The summed E-state index contributed by atoms with van der Waals surface area (Å²) in [6.07, 6.45) is 2.02. The standard InChI is InChI=1S/C17H21F2NS/c1-4-10-20-13(5-2)14-8-9-15(21-14)16-12(18)7-6-11(3)17(16)19/h6-9,13,20H,4-5,10H2,1-3H3. The quantitative estimate of drug-likeness (QED) is 0.748. The van der Waals surface area contributed by atoms with Gasteiger partial charge < -0.3 is 5.32 Å². The van der Waals surface area contributed by atoms with E-state index >= 15 is 0 Å². The highest BCUT2D eigenvalue weighted by Crippen LogP contribution is 2.36. The second-order valence-electron chi connectivity index (χ2n) is 5.17. The van der Waals surface area contributed by atoms with Crippen LogP contribution in [0.25, 0.3) is 10.4 Å². The summed E-state index contributed by atoms with van der Waals surface area (Å²) in [4.78, 5) is 1.78. The predicted molar refractivity (Wildman–Crippen MR) is 85.7 cm³/mol. The van der Waals surface area contributed by atoms with E-state index < -0.39 is 11.6 Å². The molecule has 0 saturated carbocycles. The molecule has 0 bridgehead atoms. The van der Waals surface area contributed by atoms with Gasteiger partial charge in [0.15, 0.2) is 0 Å². The lowest BCUT2D eigenvalue weighted by Gasteiger charge is -2.14. The molecule has 1 N–H and O–H groups in total. The van der Waals surface area contributed by atoms with Gasteiger partial charge in [-0.15, -0.1) is 11.3 Å². The Morgan fingerprint density at radius 1 is 1.14 bits per heavy atom. The first kappa shape index (κ1) is 16.1. The Balaban J connectivity index is 2.34. The summed E-state index contributed by atoms with van der Waals surface area (Å²) in [7, 11) is 0. The summed E-state index contributed by atoms with van der Waals surface area (Å²) < 4.78 is 28.2. The molecule has 0 saturated heterocycles. The molecule has 0 aliphatic rings. The van der Waals surface area contributed by atoms with Gasteiger partial charge in [0.1, 0.15) is 11.6 Å². The normalized spacial score (nSPS) is 12.6. The van der Waals surface area contributed by atoms with Crippen LogP contribution in [-0.2, 0) is 0 Å². The van der Waals surface area contributed by atoms with E-state index in [1.165, 1.54) is 23.5 Å². The monoisotopic (exact) mass is 309 g/mol. The average molecular weight is 309 g/mol. The predicted octanol–water partition coefficient (Wildman–Crippen LogP) is 5.45. The minimum atomic E-state index is -0.499. The van der Waals surface area contributed by atoms with Crippen LogP contribution >= 0.6 is 11.3 Å². The third kappa shape index (κ3) is 3.50. The van der Waals surface area contributed by atoms with Crippen molar-refractivity contribution in [2.45, 2.75) is 39.7 Å². The molecule has 4 heteroatoms. The van der Waals surface area contributed by atoms with Crippen LogP contribution < -0.4 is 5.32 Å². The molecule has 2 aromatic rings. The third-order valence-electron chi connectivity index (χ3n) is 3.55. The van der Waals surface area contributed by atoms with Crippen LogP contribution in [0.3, 0.4) is 0 Å². The summed E-state index contributed by atoms with van der Waals surface area (Å²) in [5.74, 6) is -0.959. The number of hydrogen-bond acceptors (Lipinski definition) is 2. The minimum Gasteiger partial charge on any atom is -0.309 e. The van der Waals surface area contributed by atoms with Crippen molar-refractivity contribution in [3.63, 3.8) is 0 Å². The molecule has 2 rings (SSSR count). The van der Waals surface area contributed by atoms with Crippen LogP contribution in [0.15, 0.2) is 24.3 Å². The molecule has 1 nitrogen and oxygen atoms in total. The number of thiophene rings is 1. The van der Waals surface area contributed by atoms with Crippen molar-refractivity contribution < 1.29 is 8.78 Å². The van der Waals surface area contributed by atoms with Crippen molar-refractivity contribution in [1.29, 1.82) is 0 Å². The molecule has 0 aliphatic heterocycles. The molecule has 1 unspecified atom stereocenters. The number of hydrogen-bond donors (Lipinski definition) is 1. The van der Waals surface area contributed by atoms with Crippen LogP contribution in [0.4, 0.5) is 8.78 Å². The Labute approximate surface area is 129 Å². The Hall–Kier alpha value is -1.26. The highest BCUT2D eigenvalue weighted by atomic mass is 32.1. The second-order valence-corrected chi connectivity index (χ2v) is 6.29. The Morgan fingerprint density at radius 3 is 2.57 bits per heavy atom. The molecule has 0 radical (unpaired) electrons. The lowest BCUT2D eigenvalue weighted by atomic mass is 10.1. The largest absolute Gasteiger partial charge is 0.309 e. The number of aryl methyl sites for hydroxylation is 1. The molecule has 114 valence electrons. The van der Waals surface area contributed by atoms with Crippen molar-refractivity contribution in [1.82, 2.24) is 5.32 Å². The van der Waals surface area contributed by atoms with Crippen LogP contribution in [0, 0.1) is 18.6 Å². The highest BCUT2D eigenvalue weighted by Gasteiger charge is 2.17. The number of nitrogens with one attached hydrogen (secondary N) is 1. The van der Waals surface area contributed by atoms with Crippen molar-refractivity contribution >= 4 is 11.3 Å². The first-order chi connectivity index (χ1) is 10.1. The molecule has 0 spiro atoms. The molecule has 1 atom stereocenters. The third-order valence-corrected chi connectivity index (χ3v) is 4.77. The molecule has 0 fully saturated rings. The summed E-state index contributed by atoms with van der Waals surface area (Å²) >= 11 is 1.46.